The van der Waals surface area contributed by atoms with Crippen LogP contribution in [-0.4, -0.2) is 78.8 Å². The van der Waals surface area contributed by atoms with Crippen LogP contribution in [-0.2, 0) is 10.0 Å². The maximum Gasteiger partial charge on any atom is 0.263 e. The number of piperidine rings is 2. The molecule has 14 nitrogen and oxygen atoms in total. The first kappa shape index (κ1) is 30.3. The number of sulfonamides is 1. The van der Waals surface area contributed by atoms with Crippen LogP contribution in [0.5, 0.6) is 5.75 Å². The van der Waals surface area contributed by atoms with Gasteiger partial charge >= 0.3 is 0 Å². The van der Waals surface area contributed by atoms with E-state index in [-0.39, 0.29) is 51.5 Å². The molecule has 11 N–H and O–H groups in total. The van der Waals surface area contributed by atoms with E-state index in [2.05, 4.69) is 20.0 Å². The Morgan fingerprint density at radius 1 is 0.810 bits per heavy atom. The van der Waals surface area contributed by atoms with Crippen LogP contribution in [0.2, 0.25) is 10.0 Å². The Morgan fingerprint density at radius 2 is 1.36 bits per heavy atom. The van der Waals surface area contributed by atoms with E-state index < -0.39 is 10.0 Å². The average Bonchev–Trinajstić information content (AvgIpc) is 2.89. The monoisotopic (exact) mass is 637 g/mol. The van der Waals surface area contributed by atoms with Gasteiger partial charge < -0.3 is 43.2 Å². The third-order valence-electron chi connectivity index (χ3n) is 6.89. The van der Waals surface area contributed by atoms with E-state index in [1.165, 1.54) is 30.3 Å². The van der Waals surface area contributed by atoms with Crippen LogP contribution in [0.3, 0.4) is 0 Å². The Bertz CT molecular complexity index is 1500. The van der Waals surface area contributed by atoms with Crippen molar-refractivity contribution in [2.45, 2.75) is 41.9 Å². The summed E-state index contributed by atoms with van der Waals surface area (Å²) < 4.78 is 28.1. The van der Waals surface area contributed by atoms with Crippen LogP contribution < -0.4 is 42.8 Å². The van der Waals surface area contributed by atoms with Crippen molar-refractivity contribution in [1.82, 2.24) is 15.0 Å². The van der Waals surface area contributed by atoms with E-state index in [0.717, 1.165) is 0 Å². The van der Waals surface area contributed by atoms with Crippen molar-refractivity contribution in [3.8, 4) is 5.75 Å². The number of nitrogens with zero attached hydrogens (tertiary/aromatic N) is 5. The van der Waals surface area contributed by atoms with E-state index >= 15 is 0 Å². The van der Waals surface area contributed by atoms with Crippen molar-refractivity contribution in [3.05, 3.63) is 46.4 Å². The number of nitrogens with one attached hydrogen (secondary N) is 2. The molecular formula is C25H33Cl2N11O3S. The van der Waals surface area contributed by atoms with E-state index in [9.17, 15) is 13.5 Å². The predicted molar refractivity (Wildman–Crippen MR) is 164 cm³/mol. The molecule has 2 saturated heterocycles. The summed E-state index contributed by atoms with van der Waals surface area (Å²) >= 11 is 12.0. The van der Waals surface area contributed by atoms with Gasteiger partial charge in [0.25, 0.3) is 10.0 Å². The lowest BCUT2D eigenvalue weighted by Crippen LogP contribution is -2.54. The van der Waals surface area contributed by atoms with Gasteiger partial charge in [-0.05, 0) is 43.2 Å². The largest absolute Gasteiger partial charge is 0.506 e. The van der Waals surface area contributed by atoms with Crippen molar-refractivity contribution in [2.75, 3.05) is 46.0 Å². The van der Waals surface area contributed by atoms with E-state index in [1.807, 2.05) is 9.80 Å². The van der Waals surface area contributed by atoms with Gasteiger partial charge in [-0.3, -0.25) is 4.72 Å². The zero-order chi connectivity index (χ0) is 30.2. The number of phenols is 1. The summed E-state index contributed by atoms with van der Waals surface area (Å²) in [6, 6.07) is 7.73. The number of anilines is 5. The van der Waals surface area contributed by atoms with Gasteiger partial charge in [0.15, 0.2) is 0 Å². The van der Waals surface area contributed by atoms with Crippen molar-refractivity contribution in [2.24, 2.45) is 22.9 Å². The first-order valence-corrected chi connectivity index (χ1v) is 15.5. The van der Waals surface area contributed by atoms with Gasteiger partial charge in [0.05, 0.1) is 10.7 Å². The summed E-state index contributed by atoms with van der Waals surface area (Å²) in [7, 11) is -4.12. The normalized spacial score (nSPS) is 23.1. The highest BCUT2D eigenvalue weighted by atomic mass is 35.5. The molecule has 4 atom stereocenters. The van der Waals surface area contributed by atoms with E-state index in [0.29, 0.717) is 61.6 Å². The standard InChI is InChI=1S/C25H33Cl2N11O3S/c26-13-1-4-22(19(27)5-13)42(40,41)36-20-3-2-18(8-21(20)39)32-23-33-24(37-9-14(28)6-15(29)10-37)35-25(34-23)38-11-16(30)7-17(31)12-38/h1-5,8,14-17,36,39H,6-7,9-12,28-31H2,(H,32,33,34,35)/t14-,15+,16-,17+. The molecule has 42 heavy (non-hydrogen) atoms. The Balaban J connectivity index is 1.42. The minimum Gasteiger partial charge on any atom is -0.506 e. The molecule has 0 aliphatic carbocycles. The molecule has 3 aromatic rings. The number of phenolic OH excluding ortho intramolecular Hbond substituents is 1. The molecule has 0 saturated carbocycles. The molecule has 0 unspecified atom stereocenters. The smallest absolute Gasteiger partial charge is 0.263 e. The van der Waals surface area contributed by atoms with Crippen LogP contribution in [0.1, 0.15) is 12.8 Å². The third kappa shape index (κ3) is 7.06. The number of aromatic hydroxyl groups is 1. The second kappa shape index (κ2) is 12.2. The second-order valence-corrected chi connectivity index (χ2v) is 13.1. The summed E-state index contributed by atoms with van der Waals surface area (Å²) in [6.45, 7) is 2.07. The number of rotatable bonds is 7. The lowest BCUT2D eigenvalue weighted by atomic mass is 10.0. The maximum atomic E-state index is 12.9. The number of halogens is 2. The average molecular weight is 639 g/mol. The van der Waals surface area contributed by atoms with Gasteiger partial charge in [0.2, 0.25) is 17.8 Å². The fraction of sp³-hybridized carbons (Fsp3) is 0.400. The number of hydrogen-bond acceptors (Lipinski definition) is 13. The first-order valence-electron chi connectivity index (χ1n) is 13.2. The molecule has 1 aromatic heterocycles. The molecule has 2 fully saturated rings. The number of aromatic nitrogens is 3. The van der Waals surface area contributed by atoms with Crippen LogP contribution >= 0.6 is 23.2 Å². The number of benzene rings is 2. The quantitative estimate of drug-likeness (QED) is 0.181. The zero-order valence-corrected chi connectivity index (χ0v) is 24.8. The molecule has 2 aliphatic rings. The topological polar surface area (TPSA) is 228 Å². The summed E-state index contributed by atoms with van der Waals surface area (Å²) in [5, 5.41) is 14.0. The predicted octanol–water partition coefficient (Wildman–Crippen LogP) is 1.16. The molecule has 226 valence electrons. The van der Waals surface area contributed by atoms with Crippen molar-refractivity contribution < 1.29 is 13.5 Å². The molecule has 0 bridgehead atoms. The maximum absolute atomic E-state index is 12.9. The van der Waals surface area contributed by atoms with Gasteiger partial charge in [0.1, 0.15) is 10.6 Å². The lowest BCUT2D eigenvalue weighted by Gasteiger charge is -2.37. The van der Waals surface area contributed by atoms with E-state index in [1.54, 1.807) is 6.07 Å². The molecule has 2 aromatic carbocycles. The highest BCUT2D eigenvalue weighted by Gasteiger charge is 2.29. The molecule has 3 heterocycles. The van der Waals surface area contributed by atoms with Crippen LogP contribution in [0.25, 0.3) is 0 Å². The summed E-state index contributed by atoms with van der Waals surface area (Å²) in [4.78, 5) is 17.5. The Hall–Kier alpha value is -3.18. The van der Waals surface area contributed by atoms with Gasteiger partial charge in [-0.1, -0.05) is 23.2 Å². The van der Waals surface area contributed by atoms with Crippen molar-refractivity contribution >= 4 is 62.4 Å². The lowest BCUT2D eigenvalue weighted by molar-refractivity contribution is 0.441. The minimum absolute atomic E-state index is 0.0551. The van der Waals surface area contributed by atoms with Gasteiger partial charge in [-0.15, -0.1) is 0 Å². The van der Waals surface area contributed by atoms with Crippen LogP contribution in [0.15, 0.2) is 41.3 Å². The van der Waals surface area contributed by atoms with Gasteiger partial charge in [0, 0.05) is 67.1 Å². The van der Waals surface area contributed by atoms with E-state index in [4.69, 9.17) is 51.1 Å². The highest BCUT2D eigenvalue weighted by molar-refractivity contribution is 7.92. The third-order valence-corrected chi connectivity index (χ3v) is 8.97. The molecule has 5 rings (SSSR count). The van der Waals surface area contributed by atoms with Crippen molar-refractivity contribution in [1.29, 1.82) is 0 Å². The van der Waals surface area contributed by atoms with Gasteiger partial charge in [-0.25, -0.2) is 8.42 Å². The summed E-state index contributed by atoms with van der Waals surface area (Å²) in [5.74, 6) is 0.615. The second-order valence-electron chi connectivity index (χ2n) is 10.6. The SMILES string of the molecule is N[C@@H]1C[C@H](N)CN(c2nc(Nc3ccc(NS(=O)(=O)c4ccc(Cl)cc4Cl)c(O)c3)nc(N3C[C@H](N)C[C@H](N)C3)n2)C1. The number of hydrogen-bond donors (Lipinski definition) is 7. The van der Waals surface area contributed by atoms with Crippen LogP contribution in [0, 0.1) is 0 Å². The van der Waals surface area contributed by atoms with Crippen molar-refractivity contribution in [3.63, 3.8) is 0 Å². The van der Waals surface area contributed by atoms with Crippen LogP contribution in [0.4, 0.5) is 29.2 Å². The number of nitrogens with two attached hydrogens (primary N) is 4. The molecule has 0 spiro atoms. The molecule has 2 aliphatic heterocycles. The van der Waals surface area contributed by atoms with Gasteiger partial charge in [-0.2, -0.15) is 15.0 Å². The highest BCUT2D eigenvalue weighted by Crippen LogP contribution is 2.33. The Kier molecular flexibility index (Phi) is 8.80. The first-order chi connectivity index (χ1) is 19.9. The summed E-state index contributed by atoms with van der Waals surface area (Å²) in [5.41, 5.74) is 25.2. The fourth-order valence-electron chi connectivity index (χ4n) is 5.09. The fourth-order valence-corrected chi connectivity index (χ4v) is 6.94. The molecule has 0 radical (unpaired) electrons. The molecular weight excluding hydrogens is 605 g/mol. The molecule has 0 amide bonds. The Morgan fingerprint density at radius 3 is 1.86 bits per heavy atom. The Labute approximate surface area is 253 Å². The minimum atomic E-state index is -4.12. The zero-order valence-electron chi connectivity index (χ0n) is 22.5. The molecule has 17 heteroatoms. The summed E-state index contributed by atoms with van der Waals surface area (Å²) in [6.07, 6.45) is 1.38.